The summed E-state index contributed by atoms with van der Waals surface area (Å²) in [4.78, 5) is 12.8. The summed E-state index contributed by atoms with van der Waals surface area (Å²) in [6, 6.07) is 5.61. The zero-order valence-electron chi connectivity index (χ0n) is 10.5. The zero-order chi connectivity index (χ0) is 13.7. The van der Waals surface area contributed by atoms with Gasteiger partial charge in [0.05, 0.1) is 12.8 Å². The summed E-state index contributed by atoms with van der Waals surface area (Å²) < 4.78 is 6.29. The van der Waals surface area contributed by atoms with Gasteiger partial charge >= 0.3 is 6.03 Å². The van der Waals surface area contributed by atoms with E-state index in [1.807, 2.05) is 30.5 Å². The number of hydrogen-bond acceptors (Lipinski definition) is 3. The predicted molar refractivity (Wildman–Crippen MR) is 79.3 cm³/mol. The molecule has 0 radical (unpaired) electrons. The molecule has 0 aliphatic heterocycles. The molecule has 0 bridgehead atoms. The first kappa shape index (κ1) is 14.1. The van der Waals surface area contributed by atoms with E-state index in [4.69, 9.17) is 4.42 Å². The maximum Gasteiger partial charge on any atom is 0.315 e. The third-order valence-corrected chi connectivity index (χ3v) is 4.21. The number of rotatable bonds is 5. The molecule has 1 atom stereocenters. The van der Waals surface area contributed by atoms with Crippen LogP contribution in [0.25, 0.3) is 0 Å². The standard InChI is InChI=1S/C13H15BrN2O2S/c1-9(5-11-3-2-4-18-11)16-13(17)15-7-12-6-10(14)8-19-12/h2-4,6,8-9H,5,7H2,1H3,(H2,15,16,17)/t9-/m0/s1. The van der Waals surface area contributed by atoms with Crippen molar-refractivity contribution in [2.45, 2.75) is 25.9 Å². The van der Waals surface area contributed by atoms with Crippen LogP contribution in [0.2, 0.25) is 0 Å². The van der Waals surface area contributed by atoms with Crippen molar-refractivity contribution in [2.75, 3.05) is 0 Å². The molecule has 0 aromatic carbocycles. The van der Waals surface area contributed by atoms with E-state index in [-0.39, 0.29) is 12.1 Å². The molecule has 0 aliphatic carbocycles. The van der Waals surface area contributed by atoms with Gasteiger partial charge in [0, 0.05) is 27.2 Å². The molecule has 2 aromatic rings. The first-order valence-electron chi connectivity index (χ1n) is 5.93. The summed E-state index contributed by atoms with van der Waals surface area (Å²) in [7, 11) is 0. The molecular formula is C13H15BrN2O2S. The van der Waals surface area contributed by atoms with Crippen LogP contribution in [0.1, 0.15) is 17.6 Å². The van der Waals surface area contributed by atoms with Crippen LogP contribution >= 0.6 is 27.3 Å². The summed E-state index contributed by atoms with van der Waals surface area (Å²) in [5.74, 6) is 0.870. The molecule has 2 amide bonds. The molecular weight excluding hydrogens is 328 g/mol. The second-order valence-corrected chi connectivity index (χ2v) is 6.15. The molecule has 0 fully saturated rings. The number of thiophene rings is 1. The van der Waals surface area contributed by atoms with Gasteiger partial charge in [0.2, 0.25) is 0 Å². The summed E-state index contributed by atoms with van der Waals surface area (Å²) in [5, 5.41) is 7.70. The monoisotopic (exact) mass is 342 g/mol. The van der Waals surface area contributed by atoms with Gasteiger partial charge in [0.1, 0.15) is 5.76 Å². The van der Waals surface area contributed by atoms with Gasteiger partial charge in [-0.15, -0.1) is 11.3 Å². The lowest BCUT2D eigenvalue weighted by molar-refractivity contribution is 0.237. The minimum absolute atomic E-state index is 0.0289. The summed E-state index contributed by atoms with van der Waals surface area (Å²) in [6.45, 7) is 2.49. The van der Waals surface area contributed by atoms with Gasteiger partial charge in [-0.1, -0.05) is 0 Å². The van der Waals surface area contributed by atoms with Crippen molar-refractivity contribution in [2.24, 2.45) is 0 Å². The first-order chi connectivity index (χ1) is 9.13. The van der Waals surface area contributed by atoms with Crippen molar-refractivity contribution in [3.8, 4) is 0 Å². The van der Waals surface area contributed by atoms with Gasteiger partial charge in [0.25, 0.3) is 0 Å². The van der Waals surface area contributed by atoms with Crippen LogP contribution in [0.4, 0.5) is 4.79 Å². The Morgan fingerprint density at radius 3 is 3.05 bits per heavy atom. The summed E-state index contributed by atoms with van der Waals surface area (Å²) in [6.07, 6.45) is 2.32. The highest BCUT2D eigenvalue weighted by Crippen LogP contribution is 2.19. The highest BCUT2D eigenvalue weighted by Gasteiger charge is 2.09. The molecule has 0 saturated heterocycles. The van der Waals surface area contributed by atoms with E-state index in [0.29, 0.717) is 13.0 Å². The molecule has 2 aromatic heterocycles. The zero-order valence-corrected chi connectivity index (χ0v) is 12.9. The Labute approximate surface area is 124 Å². The SMILES string of the molecule is C[C@@H](Cc1ccco1)NC(=O)NCc1cc(Br)cs1. The highest BCUT2D eigenvalue weighted by molar-refractivity contribution is 9.10. The Kier molecular flexibility index (Phi) is 5.04. The fourth-order valence-electron chi connectivity index (χ4n) is 1.67. The minimum Gasteiger partial charge on any atom is -0.469 e. The normalized spacial score (nSPS) is 12.1. The van der Waals surface area contributed by atoms with Crippen LogP contribution < -0.4 is 10.6 Å². The lowest BCUT2D eigenvalue weighted by Crippen LogP contribution is -2.41. The minimum atomic E-state index is -0.163. The van der Waals surface area contributed by atoms with Crippen LogP contribution in [-0.2, 0) is 13.0 Å². The molecule has 2 heterocycles. The largest absolute Gasteiger partial charge is 0.469 e. The Balaban J connectivity index is 1.71. The van der Waals surface area contributed by atoms with E-state index < -0.39 is 0 Å². The van der Waals surface area contributed by atoms with Crippen LogP contribution in [0.5, 0.6) is 0 Å². The average molecular weight is 343 g/mol. The molecule has 2 N–H and O–H groups in total. The molecule has 0 saturated carbocycles. The van der Waals surface area contributed by atoms with Gasteiger partial charge in [-0.05, 0) is 41.1 Å². The third-order valence-electron chi connectivity index (χ3n) is 2.51. The maximum atomic E-state index is 11.7. The van der Waals surface area contributed by atoms with E-state index in [0.717, 1.165) is 15.1 Å². The van der Waals surface area contributed by atoms with Crippen molar-refractivity contribution in [3.63, 3.8) is 0 Å². The number of nitrogens with one attached hydrogen (secondary N) is 2. The van der Waals surface area contributed by atoms with Crippen LogP contribution in [0.15, 0.2) is 38.7 Å². The van der Waals surface area contributed by atoms with Crippen molar-refractivity contribution in [1.29, 1.82) is 0 Å². The third kappa shape index (κ3) is 4.72. The van der Waals surface area contributed by atoms with Crippen LogP contribution in [0.3, 0.4) is 0 Å². The van der Waals surface area contributed by atoms with Gasteiger partial charge in [0.15, 0.2) is 0 Å². The number of hydrogen-bond donors (Lipinski definition) is 2. The molecule has 6 heteroatoms. The molecule has 2 rings (SSSR count). The van der Waals surface area contributed by atoms with Gasteiger partial charge in [-0.2, -0.15) is 0 Å². The number of urea groups is 1. The fraction of sp³-hybridized carbons (Fsp3) is 0.308. The topological polar surface area (TPSA) is 54.3 Å². The molecule has 0 aliphatic rings. The first-order valence-corrected chi connectivity index (χ1v) is 7.60. The second kappa shape index (κ2) is 6.77. The smallest absolute Gasteiger partial charge is 0.315 e. The number of amides is 2. The maximum absolute atomic E-state index is 11.7. The van der Waals surface area contributed by atoms with E-state index in [9.17, 15) is 4.79 Å². The van der Waals surface area contributed by atoms with Gasteiger partial charge in [-0.3, -0.25) is 0 Å². The van der Waals surface area contributed by atoms with Gasteiger partial charge < -0.3 is 15.1 Å². The van der Waals surface area contributed by atoms with Crippen molar-refractivity contribution >= 4 is 33.3 Å². The van der Waals surface area contributed by atoms with E-state index in [1.54, 1.807) is 17.6 Å². The van der Waals surface area contributed by atoms with Crippen molar-refractivity contribution < 1.29 is 9.21 Å². The Morgan fingerprint density at radius 2 is 2.42 bits per heavy atom. The Morgan fingerprint density at radius 1 is 1.58 bits per heavy atom. The predicted octanol–water partition coefficient (Wildman–Crippen LogP) is 3.53. The molecule has 19 heavy (non-hydrogen) atoms. The summed E-state index contributed by atoms with van der Waals surface area (Å²) >= 11 is 4.99. The lowest BCUT2D eigenvalue weighted by atomic mass is 10.2. The number of carbonyl (C=O) groups is 1. The van der Waals surface area contributed by atoms with Crippen molar-refractivity contribution in [1.82, 2.24) is 10.6 Å². The van der Waals surface area contributed by atoms with Crippen LogP contribution in [-0.4, -0.2) is 12.1 Å². The quantitative estimate of drug-likeness (QED) is 0.873. The van der Waals surface area contributed by atoms with E-state index in [1.165, 1.54) is 0 Å². The molecule has 0 unspecified atom stereocenters. The highest BCUT2D eigenvalue weighted by atomic mass is 79.9. The molecule has 0 spiro atoms. The summed E-state index contributed by atoms with van der Waals surface area (Å²) in [5.41, 5.74) is 0. The lowest BCUT2D eigenvalue weighted by Gasteiger charge is -2.13. The Bertz CT molecular complexity index is 524. The second-order valence-electron chi connectivity index (χ2n) is 4.24. The van der Waals surface area contributed by atoms with E-state index >= 15 is 0 Å². The van der Waals surface area contributed by atoms with E-state index in [2.05, 4.69) is 26.6 Å². The number of carbonyl (C=O) groups excluding carboxylic acids is 1. The Hall–Kier alpha value is -1.27. The van der Waals surface area contributed by atoms with Crippen molar-refractivity contribution in [3.05, 3.63) is 45.0 Å². The van der Waals surface area contributed by atoms with Gasteiger partial charge in [-0.25, -0.2) is 4.79 Å². The number of halogens is 1. The van der Waals surface area contributed by atoms with Crippen LogP contribution in [0, 0.1) is 0 Å². The molecule has 102 valence electrons. The average Bonchev–Trinajstić information content (AvgIpc) is 2.98. The number of furan rings is 1. The molecule has 4 nitrogen and oxygen atoms in total. The fourth-order valence-corrected chi connectivity index (χ4v) is 3.06.